The van der Waals surface area contributed by atoms with Gasteiger partial charge in [0.25, 0.3) is 0 Å². The molecule has 1 amide bonds. The first-order valence-electron chi connectivity index (χ1n) is 7.96. The van der Waals surface area contributed by atoms with Gasteiger partial charge in [-0.3, -0.25) is 9.78 Å². The molecule has 1 N–H and O–H groups in total. The van der Waals surface area contributed by atoms with Crippen molar-refractivity contribution in [3.63, 3.8) is 0 Å². The molecule has 0 spiro atoms. The molecule has 3 rings (SSSR count). The van der Waals surface area contributed by atoms with Gasteiger partial charge in [0.2, 0.25) is 5.91 Å². The third kappa shape index (κ3) is 4.42. The highest BCUT2D eigenvalue weighted by Crippen LogP contribution is 2.32. The molecule has 1 aromatic carbocycles. The molecule has 0 bridgehead atoms. The van der Waals surface area contributed by atoms with Gasteiger partial charge in [0.15, 0.2) is 5.13 Å². The van der Waals surface area contributed by atoms with E-state index in [2.05, 4.69) is 15.3 Å². The molecule has 0 unspecified atom stereocenters. The van der Waals surface area contributed by atoms with Crippen LogP contribution in [0.5, 0.6) is 5.75 Å². The lowest BCUT2D eigenvalue weighted by Gasteiger charge is -2.04. The van der Waals surface area contributed by atoms with E-state index in [1.807, 2.05) is 43.3 Å². The first kappa shape index (κ1) is 17.1. The fraction of sp³-hybridized carbons (Fsp3) is 0.211. The number of carbonyl (C=O) groups is 1. The maximum atomic E-state index is 12.2. The number of methoxy groups -OCH3 is 1. The van der Waals surface area contributed by atoms with Crippen LogP contribution in [0.1, 0.15) is 17.7 Å². The molecule has 25 heavy (non-hydrogen) atoms. The Morgan fingerprint density at radius 1 is 1.24 bits per heavy atom. The van der Waals surface area contributed by atoms with E-state index in [1.54, 1.807) is 19.5 Å². The Morgan fingerprint density at radius 2 is 2.04 bits per heavy atom. The molecular weight excluding hydrogens is 334 g/mol. The minimum absolute atomic E-state index is 0.0395. The molecule has 0 aliphatic rings. The number of hydrogen-bond acceptors (Lipinski definition) is 5. The number of amides is 1. The summed E-state index contributed by atoms with van der Waals surface area (Å²) in [5, 5.41) is 3.51. The average Bonchev–Trinajstić information content (AvgIpc) is 3.01. The Balaban J connectivity index is 1.59. The molecule has 5 nitrogen and oxygen atoms in total. The van der Waals surface area contributed by atoms with Gasteiger partial charge >= 0.3 is 0 Å². The minimum Gasteiger partial charge on any atom is -0.497 e. The Hall–Kier alpha value is -2.73. The summed E-state index contributed by atoms with van der Waals surface area (Å²) in [6.07, 6.45) is 4.63. The summed E-state index contributed by atoms with van der Waals surface area (Å²) in [6, 6.07) is 11.6. The van der Waals surface area contributed by atoms with Crippen LogP contribution in [0.15, 0.2) is 48.8 Å². The lowest BCUT2D eigenvalue weighted by molar-refractivity contribution is -0.116. The number of thiazole rings is 1. The van der Waals surface area contributed by atoms with E-state index >= 15 is 0 Å². The zero-order valence-corrected chi connectivity index (χ0v) is 15.0. The van der Waals surface area contributed by atoms with Gasteiger partial charge in [-0.2, -0.15) is 0 Å². The second-order valence-corrected chi connectivity index (χ2v) is 6.57. The fourth-order valence-corrected chi connectivity index (χ4v) is 3.42. The van der Waals surface area contributed by atoms with E-state index < -0.39 is 0 Å². The van der Waals surface area contributed by atoms with Crippen molar-refractivity contribution >= 4 is 22.4 Å². The molecule has 0 atom stereocenters. The van der Waals surface area contributed by atoms with Crippen LogP contribution in [-0.2, 0) is 11.2 Å². The van der Waals surface area contributed by atoms with Crippen molar-refractivity contribution in [2.24, 2.45) is 0 Å². The average molecular weight is 353 g/mol. The van der Waals surface area contributed by atoms with Crippen molar-refractivity contribution in [1.29, 1.82) is 0 Å². The van der Waals surface area contributed by atoms with Crippen LogP contribution in [0, 0.1) is 6.92 Å². The second kappa shape index (κ2) is 7.90. The van der Waals surface area contributed by atoms with Gasteiger partial charge in [0, 0.05) is 24.4 Å². The largest absolute Gasteiger partial charge is 0.497 e. The van der Waals surface area contributed by atoms with Gasteiger partial charge in [-0.05, 0) is 37.1 Å². The van der Waals surface area contributed by atoms with E-state index in [-0.39, 0.29) is 5.91 Å². The number of ether oxygens (including phenoxy) is 1. The van der Waals surface area contributed by atoms with Crippen molar-refractivity contribution in [1.82, 2.24) is 9.97 Å². The van der Waals surface area contributed by atoms with Crippen molar-refractivity contribution < 1.29 is 9.53 Å². The van der Waals surface area contributed by atoms with Crippen LogP contribution in [0.4, 0.5) is 5.13 Å². The predicted octanol–water partition coefficient (Wildman–Crippen LogP) is 4.09. The lowest BCUT2D eigenvalue weighted by Crippen LogP contribution is -2.12. The molecule has 0 aliphatic heterocycles. The number of rotatable bonds is 6. The summed E-state index contributed by atoms with van der Waals surface area (Å²) in [5.74, 6) is 0.775. The molecule has 3 aromatic rings. The zero-order chi connectivity index (χ0) is 17.6. The van der Waals surface area contributed by atoms with E-state index in [0.29, 0.717) is 18.0 Å². The van der Waals surface area contributed by atoms with Crippen molar-refractivity contribution in [3.8, 4) is 16.2 Å². The van der Waals surface area contributed by atoms with Crippen LogP contribution in [0.25, 0.3) is 10.4 Å². The van der Waals surface area contributed by atoms with Crippen LogP contribution in [0.2, 0.25) is 0 Å². The highest BCUT2D eigenvalue weighted by molar-refractivity contribution is 7.19. The zero-order valence-electron chi connectivity index (χ0n) is 14.2. The lowest BCUT2D eigenvalue weighted by atomic mass is 10.1. The van der Waals surface area contributed by atoms with Crippen molar-refractivity contribution in [2.75, 3.05) is 12.4 Å². The number of pyridine rings is 1. The number of hydrogen-bond donors (Lipinski definition) is 1. The summed E-state index contributed by atoms with van der Waals surface area (Å²) in [4.78, 5) is 21.8. The number of benzene rings is 1. The molecule has 128 valence electrons. The van der Waals surface area contributed by atoms with Gasteiger partial charge in [0.1, 0.15) is 5.75 Å². The number of aromatic nitrogens is 2. The summed E-state index contributed by atoms with van der Waals surface area (Å²) in [5.41, 5.74) is 3.00. The number of nitrogens with one attached hydrogen (secondary N) is 1. The Labute approximate surface area is 150 Å². The fourth-order valence-electron chi connectivity index (χ4n) is 2.45. The predicted molar refractivity (Wildman–Crippen MR) is 100 cm³/mol. The monoisotopic (exact) mass is 353 g/mol. The van der Waals surface area contributed by atoms with E-state index in [0.717, 1.165) is 27.4 Å². The quantitative estimate of drug-likeness (QED) is 0.725. The molecule has 0 fully saturated rings. The molecule has 0 saturated heterocycles. The van der Waals surface area contributed by atoms with Crippen molar-refractivity contribution in [2.45, 2.75) is 19.8 Å². The van der Waals surface area contributed by atoms with Gasteiger partial charge in [0.05, 0.1) is 17.7 Å². The summed E-state index contributed by atoms with van der Waals surface area (Å²) in [7, 11) is 1.64. The normalized spacial score (nSPS) is 10.5. The summed E-state index contributed by atoms with van der Waals surface area (Å²) >= 11 is 1.47. The maximum Gasteiger partial charge on any atom is 0.226 e. The molecule has 2 heterocycles. The van der Waals surface area contributed by atoms with Crippen LogP contribution >= 0.6 is 11.3 Å². The molecular formula is C19H19N3O2S. The topological polar surface area (TPSA) is 64.1 Å². The third-order valence-corrected chi connectivity index (χ3v) is 4.89. The van der Waals surface area contributed by atoms with Gasteiger partial charge in [-0.25, -0.2) is 4.98 Å². The molecule has 0 radical (unpaired) electrons. The van der Waals surface area contributed by atoms with E-state index in [4.69, 9.17) is 4.74 Å². The molecule has 0 saturated carbocycles. The number of aryl methyl sites for hydroxylation is 2. The van der Waals surface area contributed by atoms with E-state index in [9.17, 15) is 4.79 Å². The van der Waals surface area contributed by atoms with Crippen LogP contribution < -0.4 is 10.1 Å². The Morgan fingerprint density at radius 3 is 2.72 bits per heavy atom. The number of anilines is 1. The maximum absolute atomic E-state index is 12.2. The second-order valence-electron chi connectivity index (χ2n) is 5.57. The highest BCUT2D eigenvalue weighted by atomic mass is 32.1. The van der Waals surface area contributed by atoms with Crippen molar-refractivity contribution in [3.05, 3.63) is 60.0 Å². The number of carbonyl (C=O) groups excluding carboxylic acids is 1. The Kier molecular flexibility index (Phi) is 5.40. The van der Waals surface area contributed by atoms with Gasteiger partial charge in [-0.1, -0.05) is 29.5 Å². The van der Waals surface area contributed by atoms with E-state index in [1.165, 1.54) is 11.3 Å². The summed E-state index contributed by atoms with van der Waals surface area (Å²) < 4.78 is 5.13. The van der Waals surface area contributed by atoms with Gasteiger partial charge < -0.3 is 10.1 Å². The number of nitrogens with zero attached hydrogens (tertiary/aromatic N) is 2. The van der Waals surface area contributed by atoms with Crippen LogP contribution in [-0.4, -0.2) is 23.0 Å². The summed E-state index contributed by atoms with van der Waals surface area (Å²) in [6.45, 7) is 1.94. The minimum atomic E-state index is -0.0395. The molecule has 6 heteroatoms. The SMILES string of the molecule is COc1ccc(CCC(=O)Nc2nc(C)c(-c3cccnc3)s2)cc1. The van der Waals surface area contributed by atoms with Gasteiger partial charge in [-0.15, -0.1) is 0 Å². The highest BCUT2D eigenvalue weighted by Gasteiger charge is 2.12. The smallest absolute Gasteiger partial charge is 0.226 e. The first-order chi connectivity index (χ1) is 12.2. The Bertz CT molecular complexity index is 845. The first-order valence-corrected chi connectivity index (χ1v) is 8.78. The third-order valence-electron chi connectivity index (χ3n) is 3.77. The van der Waals surface area contributed by atoms with Crippen LogP contribution in [0.3, 0.4) is 0 Å². The molecule has 2 aromatic heterocycles. The molecule has 0 aliphatic carbocycles. The standard InChI is InChI=1S/C19H19N3O2S/c1-13-18(15-4-3-11-20-12-15)25-19(21-13)22-17(23)10-7-14-5-8-16(24-2)9-6-14/h3-6,8-9,11-12H,7,10H2,1-2H3,(H,21,22,23).